The molecule has 0 unspecified atom stereocenters. The largest absolute Gasteiger partial charge is 0.516 e. The maximum absolute atomic E-state index is 11.8. The molecule has 21 heavy (non-hydrogen) atoms. The number of carbonyl (C=O) groups excluding carboxylic acids is 3. The van der Waals surface area contributed by atoms with Crippen molar-refractivity contribution in [1.82, 2.24) is 5.32 Å². The van der Waals surface area contributed by atoms with Crippen LogP contribution >= 0.6 is 11.8 Å². The van der Waals surface area contributed by atoms with Gasteiger partial charge in [0.2, 0.25) is 0 Å². The first-order valence-electron chi connectivity index (χ1n) is 6.71. The Labute approximate surface area is 129 Å². The first-order chi connectivity index (χ1) is 9.90. The van der Waals surface area contributed by atoms with E-state index in [1.165, 1.54) is 11.8 Å². The Morgan fingerprint density at radius 3 is 2.38 bits per heavy atom. The fourth-order valence-corrected chi connectivity index (χ4v) is 1.69. The molecule has 122 valence electrons. The van der Waals surface area contributed by atoms with Crippen molar-refractivity contribution in [3.05, 3.63) is 0 Å². The lowest BCUT2D eigenvalue weighted by atomic mass is 10.2. The minimum Gasteiger partial charge on any atom is -0.450 e. The summed E-state index contributed by atoms with van der Waals surface area (Å²) in [5.41, 5.74) is 0. The molecule has 7 nitrogen and oxygen atoms in total. The quantitative estimate of drug-likeness (QED) is 0.541. The summed E-state index contributed by atoms with van der Waals surface area (Å²) in [6.45, 7) is 5.72. The van der Waals surface area contributed by atoms with E-state index in [-0.39, 0.29) is 19.1 Å². The molecule has 0 saturated heterocycles. The van der Waals surface area contributed by atoms with Crippen molar-refractivity contribution in [1.29, 1.82) is 0 Å². The molecule has 0 spiro atoms. The highest BCUT2D eigenvalue weighted by Gasteiger charge is 2.25. The lowest BCUT2D eigenvalue weighted by Gasteiger charge is -2.16. The van der Waals surface area contributed by atoms with Gasteiger partial charge in [0, 0.05) is 0 Å². The van der Waals surface area contributed by atoms with Gasteiger partial charge in [-0.3, -0.25) is 0 Å². The lowest BCUT2D eigenvalue weighted by Crippen LogP contribution is -2.43. The van der Waals surface area contributed by atoms with E-state index in [0.29, 0.717) is 12.2 Å². The standard InChI is InChI=1S/C13H23NO6S/c1-5-18-12(16)14-10(6-7-21-4)11(15)20-13(17)19-8-9(2)3/h9-10H,5-8H2,1-4H3,(H,14,16)/t10-/m0/s1. The summed E-state index contributed by atoms with van der Waals surface area (Å²) in [6, 6.07) is -0.942. The van der Waals surface area contributed by atoms with Gasteiger partial charge in [0.05, 0.1) is 13.2 Å². The fourth-order valence-electron chi connectivity index (χ4n) is 1.22. The fraction of sp³-hybridized carbons (Fsp3) is 0.769. The summed E-state index contributed by atoms with van der Waals surface area (Å²) in [6.07, 6.45) is 0.407. The number of rotatable bonds is 8. The molecule has 0 fully saturated rings. The average Bonchev–Trinajstić information content (AvgIpc) is 2.41. The molecule has 1 N–H and O–H groups in total. The molecule has 0 aliphatic carbocycles. The molecule has 0 rings (SSSR count). The molecule has 1 atom stereocenters. The van der Waals surface area contributed by atoms with Gasteiger partial charge in [-0.1, -0.05) is 13.8 Å². The molecule has 0 heterocycles. The molecule has 1 amide bonds. The van der Waals surface area contributed by atoms with Crippen LogP contribution in [0.5, 0.6) is 0 Å². The smallest absolute Gasteiger partial charge is 0.450 e. The second kappa shape index (κ2) is 11.2. The van der Waals surface area contributed by atoms with Crippen LogP contribution in [0.2, 0.25) is 0 Å². The molecule has 0 saturated carbocycles. The Balaban J connectivity index is 4.42. The highest BCUT2D eigenvalue weighted by molar-refractivity contribution is 7.98. The zero-order valence-electron chi connectivity index (χ0n) is 12.8. The maximum Gasteiger partial charge on any atom is 0.516 e. The molecule has 0 bridgehead atoms. The van der Waals surface area contributed by atoms with E-state index in [4.69, 9.17) is 9.47 Å². The van der Waals surface area contributed by atoms with E-state index in [2.05, 4.69) is 10.1 Å². The SMILES string of the molecule is CCOC(=O)N[C@@H](CCSC)C(=O)OC(=O)OCC(C)C. The predicted octanol–water partition coefficient (Wildman–Crippen LogP) is 2.19. The maximum atomic E-state index is 11.8. The van der Waals surface area contributed by atoms with Crippen LogP contribution in [0, 0.1) is 5.92 Å². The van der Waals surface area contributed by atoms with Crippen molar-refractivity contribution < 1.29 is 28.6 Å². The highest BCUT2D eigenvalue weighted by Crippen LogP contribution is 2.05. The van der Waals surface area contributed by atoms with Gasteiger partial charge in [-0.2, -0.15) is 11.8 Å². The van der Waals surface area contributed by atoms with Gasteiger partial charge in [0.15, 0.2) is 0 Å². The van der Waals surface area contributed by atoms with Crippen LogP contribution in [0.4, 0.5) is 9.59 Å². The Hall–Kier alpha value is -1.44. The predicted molar refractivity (Wildman–Crippen MR) is 79.2 cm³/mol. The Kier molecular flexibility index (Phi) is 10.5. The molecule has 0 aliphatic heterocycles. The molecule has 0 aromatic rings. The van der Waals surface area contributed by atoms with Gasteiger partial charge in [0.1, 0.15) is 6.04 Å². The molecule has 8 heteroatoms. The van der Waals surface area contributed by atoms with E-state index in [9.17, 15) is 14.4 Å². The monoisotopic (exact) mass is 321 g/mol. The van der Waals surface area contributed by atoms with Crippen molar-refractivity contribution in [2.75, 3.05) is 25.2 Å². The first kappa shape index (κ1) is 19.6. The number of nitrogens with one attached hydrogen (secondary N) is 1. The van der Waals surface area contributed by atoms with Crippen LogP contribution < -0.4 is 5.32 Å². The number of hydrogen-bond acceptors (Lipinski definition) is 7. The third-order valence-corrected chi connectivity index (χ3v) is 2.83. The third-order valence-electron chi connectivity index (χ3n) is 2.18. The minimum absolute atomic E-state index is 0.137. The topological polar surface area (TPSA) is 90.9 Å². The van der Waals surface area contributed by atoms with Crippen LogP contribution in [-0.4, -0.2) is 49.5 Å². The molecular formula is C13H23NO6S. The summed E-state index contributed by atoms with van der Waals surface area (Å²) >= 11 is 1.50. The minimum atomic E-state index is -1.06. The number of carbonyl (C=O) groups is 3. The van der Waals surface area contributed by atoms with Gasteiger partial charge in [-0.15, -0.1) is 0 Å². The molecule has 0 aromatic carbocycles. The summed E-state index contributed by atoms with van der Waals surface area (Å²) in [5, 5.41) is 2.37. The number of esters is 1. The van der Waals surface area contributed by atoms with Crippen LogP contribution in [0.3, 0.4) is 0 Å². The van der Waals surface area contributed by atoms with Gasteiger partial charge in [-0.25, -0.2) is 14.4 Å². The van der Waals surface area contributed by atoms with Gasteiger partial charge < -0.3 is 19.5 Å². The number of alkyl carbamates (subject to hydrolysis) is 1. The summed E-state index contributed by atoms with van der Waals surface area (Å²) in [7, 11) is 0. The number of hydrogen-bond donors (Lipinski definition) is 1. The number of ether oxygens (including phenoxy) is 3. The summed E-state index contributed by atoms with van der Waals surface area (Å²) < 4.78 is 14.0. The zero-order valence-corrected chi connectivity index (χ0v) is 13.7. The van der Waals surface area contributed by atoms with Gasteiger partial charge in [0.25, 0.3) is 0 Å². The van der Waals surface area contributed by atoms with Crippen LogP contribution in [0.1, 0.15) is 27.2 Å². The average molecular weight is 321 g/mol. The van der Waals surface area contributed by atoms with Crippen LogP contribution in [0.15, 0.2) is 0 Å². The van der Waals surface area contributed by atoms with Crippen LogP contribution in [-0.2, 0) is 19.0 Å². The number of amides is 1. The molecule has 0 aromatic heterocycles. The van der Waals surface area contributed by atoms with Crippen molar-refractivity contribution in [3.63, 3.8) is 0 Å². The molecule has 0 aliphatic rings. The van der Waals surface area contributed by atoms with E-state index >= 15 is 0 Å². The van der Waals surface area contributed by atoms with Crippen molar-refractivity contribution in [3.8, 4) is 0 Å². The Bertz CT molecular complexity index is 348. The van der Waals surface area contributed by atoms with Gasteiger partial charge >= 0.3 is 18.2 Å². The summed E-state index contributed by atoms with van der Waals surface area (Å²) in [5.74, 6) is -0.101. The molecular weight excluding hydrogens is 298 g/mol. The highest BCUT2D eigenvalue weighted by atomic mass is 32.2. The van der Waals surface area contributed by atoms with Crippen molar-refractivity contribution in [2.24, 2.45) is 5.92 Å². The second-order valence-corrected chi connectivity index (χ2v) is 5.56. The van der Waals surface area contributed by atoms with E-state index in [0.717, 1.165) is 0 Å². The lowest BCUT2D eigenvalue weighted by molar-refractivity contribution is -0.142. The normalized spacial score (nSPS) is 11.7. The van der Waals surface area contributed by atoms with E-state index < -0.39 is 24.3 Å². The Morgan fingerprint density at radius 2 is 1.86 bits per heavy atom. The van der Waals surface area contributed by atoms with E-state index in [1.807, 2.05) is 20.1 Å². The van der Waals surface area contributed by atoms with Crippen molar-refractivity contribution in [2.45, 2.75) is 33.2 Å². The molecule has 0 radical (unpaired) electrons. The van der Waals surface area contributed by atoms with Crippen molar-refractivity contribution >= 4 is 30.0 Å². The van der Waals surface area contributed by atoms with Crippen LogP contribution in [0.25, 0.3) is 0 Å². The second-order valence-electron chi connectivity index (χ2n) is 4.57. The third kappa shape index (κ3) is 10.0. The first-order valence-corrected chi connectivity index (χ1v) is 8.10. The zero-order chi connectivity index (χ0) is 16.3. The number of thioether (sulfide) groups is 1. The summed E-state index contributed by atoms with van der Waals surface area (Å²) in [4.78, 5) is 34.5. The Morgan fingerprint density at radius 1 is 1.19 bits per heavy atom. The van der Waals surface area contributed by atoms with Gasteiger partial charge in [-0.05, 0) is 31.3 Å². The van der Waals surface area contributed by atoms with E-state index in [1.54, 1.807) is 6.92 Å².